The maximum Gasteiger partial charge on any atom is 0.407 e. The number of nitrogens with one attached hydrogen (secondary N) is 1. The maximum absolute atomic E-state index is 12.0. The Kier molecular flexibility index (Phi) is 13.9. The summed E-state index contributed by atoms with van der Waals surface area (Å²) in [4.78, 5) is 12.0. The van der Waals surface area contributed by atoms with Crippen molar-refractivity contribution in [2.24, 2.45) is 17.8 Å². The summed E-state index contributed by atoms with van der Waals surface area (Å²) in [7, 11) is -1.16. The molecule has 0 aliphatic heterocycles. The third-order valence-corrected chi connectivity index (χ3v) is 8.56. The first kappa shape index (κ1) is 28.9. The van der Waals surface area contributed by atoms with Gasteiger partial charge in [-0.1, -0.05) is 12.8 Å². The molecule has 1 amide bonds. The summed E-state index contributed by atoms with van der Waals surface area (Å²) in [6.45, 7) is 10.8. The van der Waals surface area contributed by atoms with Gasteiger partial charge in [0.2, 0.25) is 0 Å². The van der Waals surface area contributed by atoms with E-state index in [4.69, 9.17) is 19.0 Å². The van der Waals surface area contributed by atoms with Gasteiger partial charge in [0, 0.05) is 31.5 Å². The van der Waals surface area contributed by atoms with Crippen LogP contribution in [0.4, 0.5) is 4.79 Å². The number of rotatable bonds is 16. The van der Waals surface area contributed by atoms with Crippen LogP contribution in [-0.4, -0.2) is 49.2 Å². The third-order valence-electron chi connectivity index (χ3n) is 6.45. The zero-order valence-corrected chi connectivity index (χ0v) is 22.4. The van der Waals surface area contributed by atoms with Crippen molar-refractivity contribution in [1.29, 1.82) is 5.26 Å². The van der Waals surface area contributed by atoms with Crippen LogP contribution in [0.3, 0.4) is 0 Å². The maximum atomic E-state index is 12.0. The molecule has 0 spiro atoms. The molecule has 8 heteroatoms. The Morgan fingerprint density at radius 2 is 1.65 bits per heavy atom. The summed E-state index contributed by atoms with van der Waals surface area (Å²) in [6.07, 6.45) is 8.30. The highest BCUT2D eigenvalue weighted by Crippen LogP contribution is 2.52. The minimum Gasteiger partial charge on any atom is -0.449 e. The quantitative estimate of drug-likeness (QED) is 0.161. The Morgan fingerprint density at radius 3 is 2.26 bits per heavy atom. The molecule has 192 valence electrons. The second-order valence-corrected chi connectivity index (χ2v) is 11.2. The minimum atomic E-state index is -1.16. The largest absolute Gasteiger partial charge is 0.449 e. The molecule has 0 heterocycles. The molecule has 1 saturated carbocycles. The van der Waals surface area contributed by atoms with Crippen LogP contribution < -0.4 is 5.32 Å². The number of nitrogens with zero attached hydrogens (tertiary/aromatic N) is 2. The van der Waals surface area contributed by atoms with Gasteiger partial charge in [0.05, 0.1) is 32.3 Å². The number of nitriles is 1. The number of alkyl carbamates (subject to hydrolysis) is 1. The number of ether oxygens (including phenoxy) is 1. The average molecular weight is 494 g/mol. The van der Waals surface area contributed by atoms with Gasteiger partial charge in [-0.3, -0.25) is 0 Å². The van der Waals surface area contributed by atoms with Crippen LogP contribution in [0.25, 0.3) is 0 Å². The van der Waals surface area contributed by atoms with Crippen molar-refractivity contribution in [3.63, 3.8) is 0 Å². The summed E-state index contributed by atoms with van der Waals surface area (Å²) in [5.41, 5.74) is 0. The minimum absolute atomic E-state index is 0.290. The number of amides is 1. The topological polar surface area (TPSA) is 83.8 Å². The number of carbonyl (C=O) groups is 1. The van der Waals surface area contributed by atoms with Gasteiger partial charge in [0.25, 0.3) is 8.53 Å². The molecule has 0 radical (unpaired) electrons. The van der Waals surface area contributed by atoms with Crippen LogP contribution >= 0.6 is 8.53 Å². The van der Waals surface area contributed by atoms with Crippen molar-refractivity contribution < 1.29 is 18.6 Å². The van der Waals surface area contributed by atoms with E-state index in [-0.39, 0.29) is 6.09 Å². The number of unbranched alkanes of at least 4 members (excludes halogenated alkanes) is 3. The monoisotopic (exact) mass is 493 g/mol. The Bertz CT molecular complexity index is 674. The Morgan fingerprint density at radius 1 is 1.03 bits per heavy atom. The summed E-state index contributed by atoms with van der Waals surface area (Å²) in [5, 5.41) is 11.7. The predicted octanol–water partition coefficient (Wildman–Crippen LogP) is 6.01. The molecule has 0 bridgehead atoms. The van der Waals surface area contributed by atoms with E-state index in [1.54, 1.807) is 0 Å². The fraction of sp³-hybridized carbons (Fsp3) is 0.846. The van der Waals surface area contributed by atoms with Crippen molar-refractivity contribution in [2.45, 2.75) is 97.6 Å². The van der Waals surface area contributed by atoms with E-state index >= 15 is 0 Å². The molecular weight excluding hydrogens is 449 g/mol. The molecule has 0 aromatic rings. The van der Waals surface area contributed by atoms with Gasteiger partial charge in [-0.2, -0.15) is 5.26 Å². The molecule has 2 aliphatic rings. The van der Waals surface area contributed by atoms with Gasteiger partial charge in [-0.05, 0) is 71.1 Å². The van der Waals surface area contributed by atoms with Crippen LogP contribution in [0.15, 0.2) is 0 Å². The zero-order chi connectivity index (χ0) is 24.8. The summed E-state index contributed by atoms with van der Waals surface area (Å²) in [5.74, 6) is 8.37. The molecule has 2 rings (SSSR count). The van der Waals surface area contributed by atoms with E-state index < -0.39 is 8.53 Å². The molecule has 0 saturated heterocycles. The second-order valence-electron chi connectivity index (χ2n) is 9.74. The molecule has 0 aromatic carbocycles. The lowest BCUT2D eigenvalue weighted by molar-refractivity contribution is 0.137. The second kappa shape index (κ2) is 16.3. The highest BCUT2D eigenvalue weighted by molar-refractivity contribution is 7.44. The Balaban J connectivity index is 1.51. The molecule has 0 aromatic heterocycles. The predicted molar refractivity (Wildman–Crippen MR) is 136 cm³/mol. The number of fused-ring (bicyclic) bond motifs is 1. The highest BCUT2D eigenvalue weighted by Gasteiger charge is 2.49. The summed E-state index contributed by atoms with van der Waals surface area (Å²) < 4.78 is 19.7. The van der Waals surface area contributed by atoms with Crippen LogP contribution in [0.1, 0.15) is 85.5 Å². The van der Waals surface area contributed by atoms with Gasteiger partial charge in [0.1, 0.15) is 0 Å². The molecular formula is C26H44N3O4P. The van der Waals surface area contributed by atoms with Crippen molar-refractivity contribution in [3.05, 3.63) is 0 Å². The standard InChI is InChI=1S/C26H44N3O4P/c1-21(2)29(22(3)4)34(33-19-13-16-27)32-18-12-8-7-11-17-28-26(30)31-20-25-23-14-9-5-6-10-15-24(23)25/h21-25H,7-15,17-20H2,1-4H3,(H,28,30)/t23-,24+,25?,34?. The number of hydrogen-bond donors (Lipinski definition) is 1. The van der Waals surface area contributed by atoms with Crippen molar-refractivity contribution in [2.75, 3.05) is 26.4 Å². The van der Waals surface area contributed by atoms with Crippen LogP contribution in [0.5, 0.6) is 0 Å². The molecule has 4 atom stereocenters. The van der Waals surface area contributed by atoms with Gasteiger partial charge in [-0.25, -0.2) is 9.46 Å². The van der Waals surface area contributed by atoms with Gasteiger partial charge < -0.3 is 19.1 Å². The van der Waals surface area contributed by atoms with Gasteiger partial charge in [-0.15, -0.1) is 11.8 Å². The number of hydrogen-bond acceptors (Lipinski definition) is 6. The molecule has 7 nitrogen and oxygen atoms in total. The van der Waals surface area contributed by atoms with Gasteiger partial charge in [0.15, 0.2) is 0 Å². The lowest BCUT2D eigenvalue weighted by atomic mass is 10.1. The van der Waals surface area contributed by atoms with E-state index in [0.717, 1.165) is 51.4 Å². The molecule has 1 N–H and O–H groups in total. The fourth-order valence-corrected chi connectivity index (χ4v) is 6.36. The van der Waals surface area contributed by atoms with Crippen molar-refractivity contribution in [1.82, 2.24) is 9.99 Å². The zero-order valence-electron chi connectivity index (χ0n) is 21.6. The van der Waals surface area contributed by atoms with E-state index in [1.807, 2.05) is 0 Å². The third kappa shape index (κ3) is 10.5. The first-order valence-electron chi connectivity index (χ1n) is 13.0. The summed E-state index contributed by atoms with van der Waals surface area (Å²) in [6, 6.07) is 2.75. The lowest BCUT2D eigenvalue weighted by Crippen LogP contribution is -2.33. The number of carbonyl (C=O) groups excluding carboxylic acids is 1. The Labute approximate surface area is 208 Å². The first-order valence-corrected chi connectivity index (χ1v) is 14.2. The summed E-state index contributed by atoms with van der Waals surface area (Å²) >= 11 is 0. The van der Waals surface area contributed by atoms with Crippen LogP contribution in [-0.2, 0) is 13.8 Å². The van der Waals surface area contributed by atoms with E-state index in [9.17, 15) is 4.79 Å². The molecule has 1 fully saturated rings. The van der Waals surface area contributed by atoms with E-state index in [1.165, 1.54) is 0 Å². The highest BCUT2D eigenvalue weighted by atomic mass is 31.2. The van der Waals surface area contributed by atoms with Gasteiger partial charge >= 0.3 is 6.09 Å². The fourth-order valence-electron chi connectivity index (χ4n) is 4.73. The van der Waals surface area contributed by atoms with E-state index in [0.29, 0.717) is 62.6 Å². The molecule has 2 aliphatic carbocycles. The average Bonchev–Trinajstić information content (AvgIpc) is 3.42. The van der Waals surface area contributed by atoms with E-state index in [2.05, 4.69) is 55.6 Å². The molecule has 2 unspecified atom stereocenters. The first-order chi connectivity index (χ1) is 16.5. The lowest BCUT2D eigenvalue weighted by Gasteiger charge is -2.35. The SMILES string of the molecule is CC(C)N(C(C)C)P(OCCC#N)OCCCCCCNC(=O)OCC1[C@H]2CCC#CCC[C@@H]12. The Hall–Kier alpha value is -1.37. The van der Waals surface area contributed by atoms with Crippen molar-refractivity contribution >= 4 is 14.6 Å². The normalized spacial score (nSPS) is 22.2. The van der Waals surface area contributed by atoms with Crippen LogP contribution in [0.2, 0.25) is 0 Å². The smallest absolute Gasteiger partial charge is 0.407 e. The van der Waals surface area contributed by atoms with Crippen LogP contribution in [0, 0.1) is 40.9 Å². The molecule has 34 heavy (non-hydrogen) atoms. The van der Waals surface area contributed by atoms with Crippen molar-refractivity contribution in [3.8, 4) is 17.9 Å².